The number of amides is 2. The molecule has 0 heterocycles. The van der Waals surface area contributed by atoms with Gasteiger partial charge in [-0.2, -0.15) is 0 Å². The molecule has 0 saturated carbocycles. The molecule has 0 radical (unpaired) electrons. The van der Waals surface area contributed by atoms with Gasteiger partial charge in [0.2, 0.25) is 0 Å². The number of carbonyl (C=O) groups excluding carboxylic acids is 1. The molecule has 0 fully saturated rings. The molecule has 0 unspecified atom stereocenters. The number of carbonyl (C=O) groups is 2. The second kappa shape index (κ2) is 6.36. The van der Waals surface area contributed by atoms with Crippen LogP contribution in [-0.4, -0.2) is 17.1 Å². The van der Waals surface area contributed by atoms with Crippen LogP contribution in [0.25, 0.3) is 0 Å². The molecule has 2 amide bonds. The van der Waals surface area contributed by atoms with E-state index in [0.29, 0.717) is 15.8 Å². The average molecular weight is 353 g/mol. The molecular formula is C14H10BrFN2O3. The van der Waals surface area contributed by atoms with E-state index in [2.05, 4.69) is 26.6 Å². The van der Waals surface area contributed by atoms with Gasteiger partial charge >= 0.3 is 12.0 Å². The zero-order valence-corrected chi connectivity index (χ0v) is 12.1. The third-order valence-electron chi connectivity index (χ3n) is 2.55. The van der Waals surface area contributed by atoms with Gasteiger partial charge in [-0.05, 0) is 52.3 Å². The Balaban J connectivity index is 2.08. The maximum Gasteiger partial charge on any atom is 0.335 e. The number of nitrogens with one attached hydrogen (secondary N) is 2. The molecule has 0 aliphatic rings. The van der Waals surface area contributed by atoms with Gasteiger partial charge in [-0.3, -0.25) is 0 Å². The summed E-state index contributed by atoms with van der Waals surface area (Å²) in [5.41, 5.74) is 0.796. The molecule has 3 N–H and O–H groups in total. The Morgan fingerprint density at radius 2 is 1.86 bits per heavy atom. The molecule has 0 saturated heterocycles. The smallest absolute Gasteiger partial charge is 0.335 e. The summed E-state index contributed by atoms with van der Waals surface area (Å²) in [5.74, 6) is -1.51. The van der Waals surface area contributed by atoms with Crippen LogP contribution in [0.3, 0.4) is 0 Å². The van der Waals surface area contributed by atoms with Crippen LogP contribution in [-0.2, 0) is 0 Å². The van der Waals surface area contributed by atoms with Gasteiger partial charge < -0.3 is 15.7 Å². The Kier molecular flexibility index (Phi) is 4.54. The molecule has 2 aromatic rings. The molecule has 0 aliphatic carbocycles. The monoisotopic (exact) mass is 352 g/mol. The number of hydrogen-bond acceptors (Lipinski definition) is 2. The largest absolute Gasteiger partial charge is 0.478 e. The quantitative estimate of drug-likeness (QED) is 0.782. The maximum atomic E-state index is 12.9. The van der Waals surface area contributed by atoms with Crippen molar-refractivity contribution >= 4 is 39.3 Å². The third kappa shape index (κ3) is 4.03. The van der Waals surface area contributed by atoms with Crippen LogP contribution in [0.5, 0.6) is 0 Å². The molecule has 5 nitrogen and oxygen atoms in total. The Labute approximate surface area is 127 Å². The van der Waals surface area contributed by atoms with Gasteiger partial charge in [-0.15, -0.1) is 0 Å². The molecule has 7 heteroatoms. The second-order valence-corrected chi connectivity index (χ2v) is 4.94. The summed E-state index contributed by atoms with van der Waals surface area (Å²) >= 11 is 3.13. The summed E-state index contributed by atoms with van der Waals surface area (Å²) in [5, 5.41) is 13.9. The van der Waals surface area contributed by atoms with E-state index in [9.17, 15) is 14.0 Å². The number of aromatic carboxylic acids is 1. The van der Waals surface area contributed by atoms with Gasteiger partial charge in [-0.1, -0.05) is 6.07 Å². The van der Waals surface area contributed by atoms with E-state index in [1.54, 1.807) is 6.07 Å². The summed E-state index contributed by atoms with van der Waals surface area (Å²) in [6, 6.07) is 9.12. The summed E-state index contributed by atoms with van der Waals surface area (Å²) in [6.07, 6.45) is 0. The molecule has 0 spiro atoms. The van der Waals surface area contributed by atoms with E-state index in [1.165, 1.54) is 36.4 Å². The van der Waals surface area contributed by atoms with E-state index in [-0.39, 0.29) is 5.56 Å². The molecule has 0 aliphatic heterocycles. The highest BCUT2D eigenvalue weighted by Crippen LogP contribution is 2.23. The van der Waals surface area contributed by atoms with Crippen molar-refractivity contribution in [2.75, 3.05) is 10.6 Å². The number of hydrogen-bond donors (Lipinski definition) is 3. The number of rotatable bonds is 3. The molecule has 108 valence electrons. The van der Waals surface area contributed by atoms with Crippen LogP contribution in [0.1, 0.15) is 10.4 Å². The summed E-state index contributed by atoms with van der Waals surface area (Å²) in [4.78, 5) is 22.7. The molecule has 21 heavy (non-hydrogen) atoms. The van der Waals surface area contributed by atoms with Gasteiger partial charge in [0.1, 0.15) is 5.82 Å². The van der Waals surface area contributed by atoms with Gasteiger partial charge in [-0.25, -0.2) is 14.0 Å². The number of urea groups is 1. The van der Waals surface area contributed by atoms with Crippen LogP contribution in [0, 0.1) is 5.82 Å². The van der Waals surface area contributed by atoms with Gasteiger partial charge in [0.05, 0.1) is 11.3 Å². The van der Waals surface area contributed by atoms with Gasteiger partial charge in [0, 0.05) is 10.2 Å². The first kappa shape index (κ1) is 15.0. The zero-order chi connectivity index (χ0) is 15.4. The van der Waals surface area contributed by atoms with Crippen molar-refractivity contribution in [3.8, 4) is 0 Å². The first-order valence-corrected chi connectivity index (χ1v) is 6.61. The minimum absolute atomic E-state index is 0.0655. The van der Waals surface area contributed by atoms with Crippen molar-refractivity contribution in [3.05, 3.63) is 58.3 Å². The van der Waals surface area contributed by atoms with E-state index < -0.39 is 17.8 Å². The lowest BCUT2D eigenvalue weighted by Crippen LogP contribution is -2.19. The predicted molar refractivity (Wildman–Crippen MR) is 80.1 cm³/mol. The third-order valence-corrected chi connectivity index (χ3v) is 3.20. The van der Waals surface area contributed by atoms with Crippen LogP contribution in [0.2, 0.25) is 0 Å². The van der Waals surface area contributed by atoms with E-state index in [4.69, 9.17) is 5.11 Å². The number of anilines is 2. The van der Waals surface area contributed by atoms with Crippen LogP contribution in [0.4, 0.5) is 20.6 Å². The van der Waals surface area contributed by atoms with Crippen LogP contribution in [0.15, 0.2) is 46.9 Å². The first-order valence-electron chi connectivity index (χ1n) is 5.82. The van der Waals surface area contributed by atoms with Gasteiger partial charge in [0.15, 0.2) is 0 Å². The molecule has 2 rings (SSSR count). The number of carboxylic acids is 1. The highest BCUT2D eigenvalue weighted by atomic mass is 79.9. The van der Waals surface area contributed by atoms with Crippen molar-refractivity contribution in [1.29, 1.82) is 0 Å². The van der Waals surface area contributed by atoms with Crippen molar-refractivity contribution in [3.63, 3.8) is 0 Å². The number of halogens is 2. The predicted octanol–water partition coefficient (Wildman–Crippen LogP) is 3.93. The first-order chi connectivity index (χ1) is 9.95. The Morgan fingerprint density at radius 1 is 1.10 bits per heavy atom. The Hall–Kier alpha value is -2.41. The highest BCUT2D eigenvalue weighted by Gasteiger charge is 2.08. The SMILES string of the molecule is O=C(Nc1cccc(C(=O)O)c1)Nc1ccc(F)cc1Br. The van der Waals surface area contributed by atoms with Gasteiger partial charge in [0.25, 0.3) is 0 Å². The Bertz CT molecular complexity index is 706. The fourth-order valence-electron chi connectivity index (χ4n) is 1.61. The minimum atomic E-state index is -1.08. The highest BCUT2D eigenvalue weighted by molar-refractivity contribution is 9.10. The lowest BCUT2D eigenvalue weighted by molar-refractivity contribution is 0.0697. The topological polar surface area (TPSA) is 78.4 Å². The zero-order valence-electron chi connectivity index (χ0n) is 10.6. The van der Waals surface area contributed by atoms with Crippen LogP contribution >= 0.6 is 15.9 Å². The fourth-order valence-corrected chi connectivity index (χ4v) is 2.06. The van der Waals surface area contributed by atoms with Crippen molar-refractivity contribution in [2.45, 2.75) is 0 Å². The second-order valence-electron chi connectivity index (χ2n) is 4.09. The molecule has 0 atom stereocenters. The molecular weight excluding hydrogens is 343 g/mol. The minimum Gasteiger partial charge on any atom is -0.478 e. The van der Waals surface area contributed by atoms with Crippen molar-refractivity contribution in [2.24, 2.45) is 0 Å². The standard InChI is InChI=1S/C14H10BrFN2O3/c15-11-7-9(16)4-5-12(11)18-14(21)17-10-3-1-2-8(6-10)13(19)20/h1-7H,(H,19,20)(H2,17,18,21). The molecule has 0 aromatic heterocycles. The van der Waals surface area contributed by atoms with E-state index in [1.807, 2.05) is 0 Å². The number of carboxylic acid groups (broad SMARTS) is 1. The van der Waals surface area contributed by atoms with E-state index in [0.717, 1.165) is 0 Å². The van der Waals surface area contributed by atoms with Crippen molar-refractivity contribution in [1.82, 2.24) is 0 Å². The number of benzene rings is 2. The van der Waals surface area contributed by atoms with E-state index >= 15 is 0 Å². The molecule has 0 bridgehead atoms. The summed E-state index contributed by atoms with van der Waals surface area (Å²) in [6.45, 7) is 0. The lowest BCUT2D eigenvalue weighted by Gasteiger charge is -2.09. The van der Waals surface area contributed by atoms with Crippen molar-refractivity contribution < 1.29 is 19.1 Å². The normalized spacial score (nSPS) is 10.0. The Morgan fingerprint density at radius 3 is 2.52 bits per heavy atom. The average Bonchev–Trinajstić information content (AvgIpc) is 2.42. The summed E-state index contributed by atoms with van der Waals surface area (Å²) < 4.78 is 13.3. The molecule has 2 aromatic carbocycles. The fraction of sp³-hybridized carbons (Fsp3) is 0. The van der Waals surface area contributed by atoms with Crippen LogP contribution < -0.4 is 10.6 Å². The lowest BCUT2D eigenvalue weighted by atomic mass is 10.2. The maximum absolute atomic E-state index is 12.9. The summed E-state index contributed by atoms with van der Waals surface area (Å²) in [7, 11) is 0.